The maximum atomic E-state index is 5.08. The van der Waals surface area contributed by atoms with Crippen LogP contribution in [0.1, 0.15) is 6.92 Å². The zero-order valence-electron chi connectivity index (χ0n) is 11.7. The number of rotatable bonds is 5. The van der Waals surface area contributed by atoms with Crippen LogP contribution in [0, 0.1) is 0 Å². The summed E-state index contributed by atoms with van der Waals surface area (Å²) in [4.78, 5) is 14.9. The van der Waals surface area contributed by atoms with Crippen LogP contribution in [0.5, 0.6) is 6.01 Å². The fourth-order valence-corrected chi connectivity index (χ4v) is 1.79. The zero-order chi connectivity index (χ0) is 13.7. The second-order valence-corrected chi connectivity index (χ2v) is 4.40. The Bertz CT molecular complexity index is 406. The molecule has 2 rings (SSSR count). The number of hydrogen-bond acceptors (Lipinski definition) is 8. The number of methoxy groups -OCH3 is 1. The highest BCUT2D eigenvalue weighted by Crippen LogP contribution is 2.11. The van der Waals surface area contributed by atoms with Gasteiger partial charge in [-0.1, -0.05) is 0 Å². The Hall–Kier alpha value is -1.67. The van der Waals surface area contributed by atoms with Gasteiger partial charge >= 0.3 is 6.01 Å². The summed E-state index contributed by atoms with van der Waals surface area (Å²) in [5.74, 6) is 1.03. The van der Waals surface area contributed by atoms with Crippen LogP contribution in [0.2, 0.25) is 0 Å². The Labute approximate surface area is 113 Å². The largest absolute Gasteiger partial charge is 0.467 e. The summed E-state index contributed by atoms with van der Waals surface area (Å²) in [6.07, 6.45) is 0. The van der Waals surface area contributed by atoms with Gasteiger partial charge in [0.25, 0.3) is 0 Å². The van der Waals surface area contributed by atoms with E-state index < -0.39 is 0 Å². The van der Waals surface area contributed by atoms with Gasteiger partial charge in [-0.2, -0.15) is 15.0 Å². The molecule has 0 aliphatic carbocycles. The molecular weight excluding hydrogens is 246 g/mol. The lowest BCUT2D eigenvalue weighted by atomic mass is 10.4. The first-order valence-corrected chi connectivity index (χ1v) is 6.45. The van der Waals surface area contributed by atoms with Gasteiger partial charge in [-0.3, -0.25) is 5.43 Å². The molecule has 1 aromatic heterocycles. The fourth-order valence-electron chi connectivity index (χ4n) is 1.79. The van der Waals surface area contributed by atoms with Crippen molar-refractivity contribution >= 4 is 11.9 Å². The summed E-state index contributed by atoms with van der Waals surface area (Å²) >= 11 is 0. The van der Waals surface area contributed by atoms with E-state index in [1.807, 2.05) is 6.92 Å². The second-order valence-electron chi connectivity index (χ2n) is 4.40. The van der Waals surface area contributed by atoms with E-state index in [1.54, 1.807) is 7.11 Å². The molecule has 0 spiro atoms. The van der Waals surface area contributed by atoms with E-state index in [2.05, 4.69) is 42.7 Å². The van der Waals surface area contributed by atoms with Gasteiger partial charge in [-0.15, -0.1) is 0 Å². The lowest BCUT2D eigenvalue weighted by molar-refractivity contribution is 0.178. The Balaban J connectivity index is 2.04. The van der Waals surface area contributed by atoms with Crippen molar-refractivity contribution in [2.24, 2.45) is 0 Å². The maximum Gasteiger partial charge on any atom is 0.322 e. The van der Waals surface area contributed by atoms with Gasteiger partial charge in [0, 0.05) is 32.7 Å². The van der Waals surface area contributed by atoms with E-state index in [-0.39, 0.29) is 0 Å². The molecule has 0 radical (unpaired) electrons. The molecule has 1 aliphatic rings. The Morgan fingerprint density at radius 2 is 1.79 bits per heavy atom. The molecule has 2 heterocycles. The molecule has 8 nitrogen and oxygen atoms in total. The summed E-state index contributed by atoms with van der Waals surface area (Å²) in [6.45, 7) is 6.65. The van der Waals surface area contributed by atoms with Crippen molar-refractivity contribution in [3.63, 3.8) is 0 Å². The average Bonchev–Trinajstić information content (AvgIpc) is 2.41. The molecule has 0 amide bonds. The van der Waals surface area contributed by atoms with Crippen LogP contribution < -0.4 is 15.5 Å². The molecule has 19 heavy (non-hydrogen) atoms. The van der Waals surface area contributed by atoms with Crippen molar-refractivity contribution in [1.82, 2.24) is 24.9 Å². The van der Waals surface area contributed by atoms with Crippen LogP contribution in [0.15, 0.2) is 0 Å². The molecule has 0 saturated carbocycles. The molecule has 1 aromatic rings. The lowest BCUT2D eigenvalue weighted by Gasteiger charge is -2.32. The Morgan fingerprint density at radius 1 is 1.11 bits per heavy atom. The third-order valence-electron chi connectivity index (χ3n) is 2.89. The molecule has 1 saturated heterocycles. The van der Waals surface area contributed by atoms with E-state index >= 15 is 0 Å². The first-order chi connectivity index (χ1) is 9.21. The SMILES string of the molecule is CCNc1nc(NN2CCN(C)CC2)nc(OC)n1. The number of anilines is 2. The number of hydrogen-bond donors (Lipinski definition) is 2. The number of nitrogens with zero attached hydrogens (tertiary/aromatic N) is 5. The van der Waals surface area contributed by atoms with Crippen LogP contribution in [-0.4, -0.2) is 71.7 Å². The number of hydrazine groups is 1. The summed E-state index contributed by atoms with van der Waals surface area (Å²) in [5.41, 5.74) is 3.20. The van der Waals surface area contributed by atoms with Gasteiger partial charge in [0.1, 0.15) is 0 Å². The molecule has 0 bridgehead atoms. The van der Waals surface area contributed by atoms with Gasteiger partial charge in [-0.25, -0.2) is 5.01 Å². The van der Waals surface area contributed by atoms with Crippen molar-refractivity contribution in [2.75, 3.05) is 57.6 Å². The van der Waals surface area contributed by atoms with Crippen molar-refractivity contribution in [3.05, 3.63) is 0 Å². The fraction of sp³-hybridized carbons (Fsp3) is 0.727. The number of piperazine rings is 1. The lowest BCUT2D eigenvalue weighted by Crippen LogP contribution is -2.47. The molecule has 1 aliphatic heterocycles. The summed E-state index contributed by atoms with van der Waals surface area (Å²) in [6, 6.07) is 0.308. The number of aromatic nitrogens is 3. The minimum absolute atomic E-state index is 0.308. The summed E-state index contributed by atoms with van der Waals surface area (Å²) in [5, 5.41) is 5.16. The van der Waals surface area contributed by atoms with E-state index in [0.717, 1.165) is 32.7 Å². The number of likely N-dealkylation sites (N-methyl/N-ethyl adjacent to an activating group) is 1. The standard InChI is InChI=1S/C11H21N7O/c1-4-12-9-13-10(15-11(14-9)19-3)16-18-7-5-17(2)6-8-18/h4-8H2,1-3H3,(H2,12,13,14,15,16). The van der Waals surface area contributed by atoms with Gasteiger partial charge in [0.15, 0.2) is 0 Å². The van der Waals surface area contributed by atoms with Crippen LogP contribution in [0.3, 0.4) is 0 Å². The zero-order valence-corrected chi connectivity index (χ0v) is 11.7. The Morgan fingerprint density at radius 3 is 2.42 bits per heavy atom. The third-order valence-corrected chi connectivity index (χ3v) is 2.89. The van der Waals surface area contributed by atoms with E-state index in [1.165, 1.54) is 0 Å². The predicted octanol–water partition coefficient (Wildman–Crippen LogP) is -0.114. The van der Waals surface area contributed by atoms with Gasteiger partial charge in [0.05, 0.1) is 7.11 Å². The van der Waals surface area contributed by atoms with E-state index in [0.29, 0.717) is 17.9 Å². The predicted molar refractivity (Wildman–Crippen MR) is 73.2 cm³/mol. The smallest absolute Gasteiger partial charge is 0.322 e. The molecular formula is C11H21N7O. The van der Waals surface area contributed by atoms with Crippen molar-refractivity contribution in [2.45, 2.75) is 6.92 Å². The van der Waals surface area contributed by atoms with Crippen molar-refractivity contribution < 1.29 is 4.74 Å². The number of nitrogens with one attached hydrogen (secondary N) is 2. The van der Waals surface area contributed by atoms with Crippen LogP contribution in [0.4, 0.5) is 11.9 Å². The van der Waals surface area contributed by atoms with Crippen molar-refractivity contribution in [3.8, 4) is 6.01 Å². The summed E-state index contributed by atoms with van der Waals surface area (Å²) in [7, 11) is 3.66. The van der Waals surface area contributed by atoms with Gasteiger partial charge < -0.3 is 15.0 Å². The quantitative estimate of drug-likeness (QED) is 0.765. The molecule has 0 unspecified atom stereocenters. The minimum atomic E-state index is 0.308. The average molecular weight is 267 g/mol. The molecule has 8 heteroatoms. The second kappa shape index (κ2) is 6.48. The third kappa shape index (κ3) is 3.90. The molecule has 106 valence electrons. The molecule has 1 fully saturated rings. The highest BCUT2D eigenvalue weighted by atomic mass is 16.5. The van der Waals surface area contributed by atoms with Gasteiger partial charge in [-0.05, 0) is 14.0 Å². The van der Waals surface area contributed by atoms with Crippen LogP contribution in [-0.2, 0) is 0 Å². The first kappa shape index (κ1) is 13.8. The van der Waals surface area contributed by atoms with Crippen LogP contribution >= 0.6 is 0 Å². The maximum absolute atomic E-state index is 5.08. The molecule has 0 atom stereocenters. The molecule has 0 aromatic carbocycles. The van der Waals surface area contributed by atoms with E-state index in [4.69, 9.17) is 4.74 Å². The van der Waals surface area contributed by atoms with Crippen LogP contribution in [0.25, 0.3) is 0 Å². The highest BCUT2D eigenvalue weighted by molar-refractivity contribution is 5.35. The highest BCUT2D eigenvalue weighted by Gasteiger charge is 2.15. The van der Waals surface area contributed by atoms with Crippen molar-refractivity contribution in [1.29, 1.82) is 0 Å². The van der Waals surface area contributed by atoms with E-state index in [9.17, 15) is 0 Å². The summed E-state index contributed by atoms with van der Waals surface area (Å²) < 4.78 is 5.08. The Kier molecular flexibility index (Phi) is 4.69. The minimum Gasteiger partial charge on any atom is -0.467 e. The van der Waals surface area contributed by atoms with Gasteiger partial charge in [0.2, 0.25) is 11.9 Å². The topological polar surface area (TPSA) is 78.4 Å². The first-order valence-electron chi connectivity index (χ1n) is 6.45. The normalized spacial score (nSPS) is 17.2. The number of ether oxygens (including phenoxy) is 1. The monoisotopic (exact) mass is 267 g/mol. The molecule has 2 N–H and O–H groups in total.